The number of nitrogens with zero attached hydrogens (tertiary/aromatic N) is 2. The Bertz CT molecular complexity index is 1400. The minimum atomic E-state index is -4.60. The van der Waals surface area contributed by atoms with Crippen LogP contribution in [0.3, 0.4) is 0 Å². The Kier molecular flexibility index (Phi) is 7.14. The fourth-order valence-electron chi connectivity index (χ4n) is 4.59. The number of carbonyl (C=O) groups is 1. The lowest BCUT2D eigenvalue weighted by Crippen LogP contribution is -2.08. The van der Waals surface area contributed by atoms with Crippen LogP contribution in [0.5, 0.6) is 11.5 Å². The van der Waals surface area contributed by atoms with E-state index in [-0.39, 0.29) is 17.4 Å². The molecule has 10 heteroatoms. The molecule has 0 saturated heterocycles. The van der Waals surface area contributed by atoms with Crippen LogP contribution in [0.2, 0.25) is 0 Å². The highest BCUT2D eigenvalue weighted by Crippen LogP contribution is 2.38. The maximum Gasteiger partial charge on any atom is 0.437 e. The van der Waals surface area contributed by atoms with Crippen LogP contribution in [-0.2, 0) is 30.4 Å². The molecule has 0 unspecified atom stereocenters. The Hall–Kier alpha value is -3.69. The van der Waals surface area contributed by atoms with Gasteiger partial charge in [-0.25, -0.2) is 0 Å². The van der Waals surface area contributed by atoms with E-state index in [1.54, 1.807) is 7.11 Å². The third-order valence-corrected chi connectivity index (χ3v) is 6.24. The highest BCUT2D eigenvalue weighted by Gasteiger charge is 2.37. The molecule has 4 rings (SSSR count). The van der Waals surface area contributed by atoms with Gasteiger partial charge in [-0.15, -0.1) is 0 Å². The van der Waals surface area contributed by atoms with Crippen molar-refractivity contribution in [1.82, 2.24) is 9.72 Å². The highest BCUT2D eigenvalue weighted by molar-refractivity contribution is 5.90. The number of ether oxygens (including phenoxy) is 2. The molecule has 0 radical (unpaired) electrons. The minimum Gasteiger partial charge on any atom is -0.497 e. The van der Waals surface area contributed by atoms with Gasteiger partial charge in [0, 0.05) is 28.7 Å². The number of alkyl halides is 3. The zero-order valence-corrected chi connectivity index (χ0v) is 20.2. The van der Waals surface area contributed by atoms with Crippen LogP contribution in [0.25, 0.3) is 21.9 Å². The zero-order chi connectivity index (χ0) is 26.0. The van der Waals surface area contributed by atoms with E-state index in [9.17, 15) is 23.1 Å². The van der Waals surface area contributed by atoms with E-state index in [2.05, 4.69) is 9.72 Å². The first-order chi connectivity index (χ1) is 17.2. The molecule has 36 heavy (non-hydrogen) atoms. The van der Waals surface area contributed by atoms with Crippen molar-refractivity contribution in [1.29, 1.82) is 0 Å². The number of benzene rings is 2. The molecule has 0 amide bonds. The normalized spacial score (nSPS) is 11.9. The number of rotatable bonds is 10. The summed E-state index contributed by atoms with van der Waals surface area (Å²) >= 11 is 0. The van der Waals surface area contributed by atoms with E-state index in [1.807, 2.05) is 32.0 Å². The van der Waals surface area contributed by atoms with Crippen LogP contribution in [-0.4, -0.2) is 34.5 Å². The van der Waals surface area contributed by atoms with E-state index >= 15 is 0 Å². The fourth-order valence-corrected chi connectivity index (χ4v) is 4.59. The molecule has 2 heterocycles. The van der Waals surface area contributed by atoms with Gasteiger partial charge in [-0.2, -0.15) is 13.2 Å². The fraction of sp³-hybridized carbons (Fsp3) is 0.385. The summed E-state index contributed by atoms with van der Waals surface area (Å²) in [6.45, 7) is 4.69. The Morgan fingerprint density at radius 3 is 2.61 bits per heavy atom. The number of hydrogen-bond acceptors (Lipinski definition) is 5. The van der Waals surface area contributed by atoms with Crippen molar-refractivity contribution in [2.45, 2.75) is 52.3 Å². The summed E-state index contributed by atoms with van der Waals surface area (Å²) in [5.74, 6) is 0.206. The SMILES string of the molecule is CCCc1c(OCCCn2c(C)c(CC(=O)O)c3cc(OC)ccc32)ccc2c(C(F)(F)F)noc12. The first-order valence-corrected chi connectivity index (χ1v) is 11.6. The zero-order valence-electron chi connectivity index (χ0n) is 20.2. The predicted octanol–water partition coefficient (Wildman–Crippen LogP) is 6.17. The van der Waals surface area contributed by atoms with Gasteiger partial charge < -0.3 is 23.7 Å². The molecule has 0 aliphatic heterocycles. The molecule has 192 valence electrons. The van der Waals surface area contributed by atoms with Crippen molar-refractivity contribution in [2.24, 2.45) is 0 Å². The Labute approximate surface area is 205 Å². The standard InChI is InChI=1S/C26H27F3N2O5/c1-4-6-17-22(10-8-18-24(17)36-30-25(18)26(27,28)29)35-12-5-11-31-15(2)19(14-23(32)33)20-13-16(34-3)7-9-21(20)31/h7-10,13H,4-6,11-12,14H2,1-3H3,(H,32,33). The number of methoxy groups -OCH3 is 1. The number of carboxylic acid groups (broad SMARTS) is 1. The number of halogens is 3. The first kappa shape index (κ1) is 25.4. The lowest BCUT2D eigenvalue weighted by Gasteiger charge is -2.13. The van der Waals surface area contributed by atoms with Crippen LogP contribution in [0, 0.1) is 6.92 Å². The van der Waals surface area contributed by atoms with E-state index in [4.69, 9.17) is 14.0 Å². The average molecular weight is 505 g/mol. The van der Waals surface area contributed by atoms with E-state index < -0.39 is 17.8 Å². The molecule has 1 N–H and O–H groups in total. The third-order valence-electron chi connectivity index (χ3n) is 6.24. The summed E-state index contributed by atoms with van der Waals surface area (Å²) in [5, 5.41) is 13.4. The molecule has 7 nitrogen and oxygen atoms in total. The molecule has 0 aliphatic rings. The van der Waals surface area contributed by atoms with Gasteiger partial charge in [-0.3, -0.25) is 4.79 Å². The van der Waals surface area contributed by atoms with Gasteiger partial charge in [0.1, 0.15) is 11.5 Å². The van der Waals surface area contributed by atoms with Gasteiger partial charge in [0.05, 0.1) is 25.5 Å². The molecule has 0 saturated carbocycles. The topological polar surface area (TPSA) is 86.7 Å². The summed E-state index contributed by atoms with van der Waals surface area (Å²) in [6.07, 6.45) is -2.92. The number of hydrogen-bond donors (Lipinski definition) is 1. The van der Waals surface area contributed by atoms with Gasteiger partial charge in [0.2, 0.25) is 0 Å². The minimum absolute atomic E-state index is 0.0749. The lowest BCUT2D eigenvalue weighted by atomic mass is 10.0. The quantitative estimate of drug-likeness (QED) is 0.260. The van der Waals surface area contributed by atoms with Crippen LogP contribution < -0.4 is 9.47 Å². The molecule has 4 aromatic rings. The maximum atomic E-state index is 13.2. The van der Waals surface area contributed by atoms with E-state index in [0.29, 0.717) is 49.5 Å². The highest BCUT2D eigenvalue weighted by atomic mass is 19.4. The van der Waals surface area contributed by atoms with Crippen molar-refractivity contribution in [3.05, 3.63) is 52.8 Å². The van der Waals surface area contributed by atoms with Gasteiger partial charge in [-0.05, 0) is 55.7 Å². The van der Waals surface area contributed by atoms with E-state index in [0.717, 1.165) is 22.2 Å². The lowest BCUT2D eigenvalue weighted by molar-refractivity contribution is -0.141. The molecule has 0 fully saturated rings. The smallest absolute Gasteiger partial charge is 0.437 e. The van der Waals surface area contributed by atoms with Crippen molar-refractivity contribution in [3.8, 4) is 11.5 Å². The summed E-state index contributed by atoms with van der Waals surface area (Å²) in [5.41, 5.74) is 2.12. The molecule has 0 bridgehead atoms. The summed E-state index contributed by atoms with van der Waals surface area (Å²) in [4.78, 5) is 11.4. The second-order valence-corrected chi connectivity index (χ2v) is 8.57. The number of aliphatic carboxylic acids is 1. The van der Waals surface area contributed by atoms with E-state index in [1.165, 1.54) is 12.1 Å². The van der Waals surface area contributed by atoms with Crippen LogP contribution in [0.4, 0.5) is 13.2 Å². The van der Waals surface area contributed by atoms with Crippen LogP contribution in [0.15, 0.2) is 34.9 Å². The third kappa shape index (κ3) is 4.84. The van der Waals surface area contributed by atoms with Crippen LogP contribution in [0.1, 0.15) is 42.3 Å². The molecule has 0 spiro atoms. The molecular formula is C26H27F3N2O5. The number of fused-ring (bicyclic) bond motifs is 2. The predicted molar refractivity (Wildman–Crippen MR) is 128 cm³/mol. The molecule has 0 atom stereocenters. The maximum absolute atomic E-state index is 13.2. The molecule has 2 aromatic carbocycles. The van der Waals surface area contributed by atoms with Gasteiger partial charge in [0.15, 0.2) is 11.3 Å². The Morgan fingerprint density at radius 2 is 1.94 bits per heavy atom. The summed E-state index contributed by atoms with van der Waals surface area (Å²) in [7, 11) is 1.56. The number of aryl methyl sites for hydroxylation is 2. The van der Waals surface area contributed by atoms with Gasteiger partial charge >= 0.3 is 12.1 Å². The monoisotopic (exact) mass is 504 g/mol. The number of aromatic nitrogens is 2. The van der Waals surface area contributed by atoms with Crippen LogP contribution >= 0.6 is 0 Å². The molecular weight excluding hydrogens is 477 g/mol. The Morgan fingerprint density at radius 1 is 1.17 bits per heavy atom. The average Bonchev–Trinajstić information content (AvgIpc) is 3.37. The van der Waals surface area contributed by atoms with Crippen molar-refractivity contribution in [2.75, 3.05) is 13.7 Å². The Balaban J connectivity index is 1.55. The summed E-state index contributed by atoms with van der Waals surface area (Å²) in [6, 6.07) is 8.44. The van der Waals surface area contributed by atoms with Gasteiger partial charge in [-0.1, -0.05) is 18.5 Å². The second-order valence-electron chi connectivity index (χ2n) is 8.57. The van der Waals surface area contributed by atoms with Crippen molar-refractivity contribution < 1.29 is 37.1 Å². The molecule has 2 aromatic heterocycles. The second kappa shape index (κ2) is 10.1. The van der Waals surface area contributed by atoms with Gasteiger partial charge in [0.25, 0.3) is 0 Å². The summed E-state index contributed by atoms with van der Waals surface area (Å²) < 4.78 is 58.1. The largest absolute Gasteiger partial charge is 0.497 e. The van der Waals surface area contributed by atoms with Crippen molar-refractivity contribution >= 4 is 27.8 Å². The number of carboxylic acids is 1. The first-order valence-electron chi connectivity index (χ1n) is 11.6. The molecule has 0 aliphatic carbocycles. The van der Waals surface area contributed by atoms with Crippen molar-refractivity contribution in [3.63, 3.8) is 0 Å².